The fourth-order valence-corrected chi connectivity index (χ4v) is 1.07. The molecule has 0 unspecified atom stereocenters. The number of benzene rings is 1. The molecule has 0 spiro atoms. The lowest BCUT2D eigenvalue weighted by Crippen LogP contribution is -2.21. The zero-order chi connectivity index (χ0) is 9.68. The highest BCUT2D eigenvalue weighted by atomic mass is 19.1. The van der Waals surface area contributed by atoms with Crippen molar-refractivity contribution >= 4 is 0 Å². The van der Waals surface area contributed by atoms with Crippen LogP contribution in [0.4, 0.5) is 4.39 Å². The van der Waals surface area contributed by atoms with Gasteiger partial charge in [0.1, 0.15) is 11.6 Å². The Kier molecular flexibility index (Phi) is 3.67. The fraction of sp³-hybridized carbons (Fsp3) is 0.333. The predicted molar refractivity (Wildman–Crippen MR) is 48.8 cm³/mol. The van der Waals surface area contributed by atoms with Gasteiger partial charge in [0.2, 0.25) is 0 Å². The van der Waals surface area contributed by atoms with Gasteiger partial charge in [-0.05, 0) is 17.7 Å². The maximum atomic E-state index is 12.7. The number of aromatic hydroxyl groups is 1. The first-order chi connectivity index (χ1) is 6.22. The van der Waals surface area contributed by atoms with Crippen LogP contribution in [-0.4, -0.2) is 18.2 Å². The Morgan fingerprint density at radius 3 is 2.77 bits per heavy atom. The summed E-state index contributed by atoms with van der Waals surface area (Å²) in [6.45, 7) is 1.74. The quantitative estimate of drug-likeness (QED) is 0.600. The van der Waals surface area contributed by atoms with Crippen LogP contribution in [0.15, 0.2) is 18.2 Å². The number of halogens is 1. The van der Waals surface area contributed by atoms with E-state index in [1.54, 1.807) is 0 Å². The summed E-state index contributed by atoms with van der Waals surface area (Å²) < 4.78 is 12.7. The van der Waals surface area contributed by atoms with Gasteiger partial charge in [-0.15, -0.1) is 0 Å². The van der Waals surface area contributed by atoms with Crippen molar-refractivity contribution in [3.8, 4) is 5.75 Å². The van der Waals surface area contributed by atoms with Gasteiger partial charge in [0.05, 0.1) is 0 Å². The second kappa shape index (κ2) is 4.79. The summed E-state index contributed by atoms with van der Waals surface area (Å²) in [6.07, 6.45) is 0. The largest absolute Gasteiger partial charge is 0.508 e. The van der Waals surface area contributed by atoms with Crippen molar-refractivity contribution in [3.63, 3.8) is 0 Å². The number of phenols is 1. The molecule has 0 saturated heterocycles. The van der Waals surface area contributed by atoms with E-state index in [2.05, 4.69) is 5.32 Å². The average Bonchev–Trinajstić information content (AvgIpc) is 2.03. The van der Waals surface area contributed by atoms with Crippen LogP contribution in [0.25, 0.3) is 0 Å². The van der Waals surface area contributed by atoms with Gasteiger partial charge in [0.25, 0.3) is 0 Å². The maximum Gasteiger partial charge on any atom is 0.127 e. The molecule has 1 rings (SSSR count). The Morgan fingerprint density at radius 2 is 2.15 bits per heavy atom. The summed E-state index contributed by atoms with van der Waals surface area (Å²) in [6, 6.07) is 3.97. The highest BCUT2D eigenvalue weighted by Crippen LogP contribution is 2.13. The summed E-state index contributed by atoms with van der Waals surface area (Å²) in [5, 5.41) is 12.1. The van der Waals surface area contributed by atoms with Gasteiger partial charge in [0, 0.05) is 25.7 Å². The molecular formula is C9H13FN2O. The molecule has 1 aromatic rings. The van der Waals surface area contributed by atoms with Crippen molar-refractivity contribution in [3.05, 3.63) is 29.6 Å². The molecule has 0 bridgehead atoms. The molecule has 0 aliphatic carbocycles. The Hall–Kier alpha value is -1.13. The van der Waals surface area contributed by atoms with E-state index in [-0.39, 0.29) is 5.75 Å². The Labute approximate surface area is 76.4 Å². The molecule has 0 aliphatic rings. The van der Waals surface area contributed by atoms with E-state index in [1.807, 2.05) is 0 Å². The van der Waals surface area contributed by atoms with Crippen LogP contribution in [0.1, 0.15) is 5.56 Å². The first-order valence-electron chi connectivity index (χ1n) is 4.11. The van der Waals surface area contributed by atoms with Crippen LogP contribution < -0.4 is 11.1 Å². The van der Waals surface area contributed by atoms with E-state index < -0.39 is 5.82 Å². The first kappa shape index (κ1) is 9.95. The fourth-order valence-electron chi connectivity index (χ4n) is 1.07. The van der Waals surface area contributed by atoms with Gasteiger partial charge in [-0.2, -0.15) is 0 Å². The Balaban J connectivity index is 2.56. The summed E-state index contributed by atoms with van der Waals surface area (Å²) in [5.74, 6) is -0.478. The zero-order valence-corrected chi connectivity index (χ0v) is 7.26. The standard InChI is InChI=1S/C9H13FN2O/c10-8-3-7(4-9(13)5-8)6-12-2-1-11/h3-5,12-13H,1-2,6,11H2. The topological polar surface area (TPSA) is 58.3 Å². The third kappa shape index (κ3) is 3.40. The van der Waals surface area contributed by atoms with Gasteiger partial charge in [-0.3, -0.25) is 0 Å². The minimum atomic E-state index is -0.426. The van der Waals surface area contributed by atoms with Crippen LogP contribution in [0, 0.1) is 5.82 Å². The van der Waals surface area contributed by atoms with Gasteiger partial charge < -0.3 is 16.2 Å². The van der Waals surface area contributed by atoms with Gasteiger partial charge in [-0.1, -0.05) is 0 Å². The monoisotopic (exact) mass is 184 g/mol. The SMILES string of the molecule is NCCNCc1cc(O)cc(F)c1. The number of hydrogen-bond donors (Lipinski definition) is 3. The molecule has 0 aliphatic heterocycles. The Bertz CT molecular complexity index is 258. The number of nitrogens with one attached hydrogen (secondary N) is 1. The third-order valence-corrected chi connectivity index (χ3v) is 1.59. The van der Waals surface area contributed by atoms with E-state index in [0.717, 1.165) is 6.07 Å². The molecule has 3 nitrogen and oxygen atoms in total. The van der Waals surface area contributed by atoms with Crippen LogP contribution in [0.5, 0.6) is 5.75 Å². The molecule has 13 heavy (non-hydrogen) atoms. The Morgan fingerprint density at radius 1 is 1.38 bits per heavy atom. The lowest BCUT2D eigenvalue weighted by molar-refractivity contribution is 0.467. The van der Waals surface area contributed by atoms with E-state index in [0.29, 0.717) is 25.2 Å². The molecule has 0 fully saturated rings. The van der Waals surface area contributed by atoms with Gasteiger partial charge in [0.15, 0.2) is 0 Å². The van der Waals surface area contributed by atoms with Gasteiger partial charge >= 0.3 is 0 Å². The molecular weight excluding hydrogens is 171 g/mol. The molecule has 4 N–H and O–H groups in total. The van der Waals surface area contributed by atoms with E-state index >= 15 is 0 Å². The maximum absolute atomic E-state index is 12.7. The average molecular weight is 184 g/mol. The summed E-state index contributed by atoms with van der Waals surface area (Å²) in [7, 11) is 0. The van der Waals surface area contributed by atoms with E-state index in [4.69, 9.17) is 10.8 Å². The van der Waals surface area contributed by atoms with Crippen molar-refractivity contribution < 1.29 is 9.50 Å². The lowest BCUT2D eigenvalue weighted by Gasteiger charge is -2.03. The molecule has 0 saturated carbocycles. The summed E-state index contributed by atoms with van der Waals surface area (Å²) >= 11 is 0. The number of rotatable bonds is 4. The van der Waals surface area contributed by atoms with Crippen molar-refractivity contribution in [2.24, 2.45) is 5.73 Å². The normalized spacial score (nSPS) is 10.3. The van der Waals surface area contributed by atoms with E-state index in [9.17, 15) is 4.39 Å². The molecule has 0 atom stereocenters. The molecule has 0 amide bonds. The van der Waals surface area contributed by atoms with E-state index in [1.165, 1.54) is 12.1 Å². The first-order valence-corrected chi connectivity index (χ1v) is 4.11. The minimum absolute atomic E-state index is 0.0513. The molecule has 4 heteroatoms. The minimum Gasteiger partial charge on any atom is -0.508 e. The summed E-state index contributed by atoms with van der Waals surface area (Å²) in [5.41, 5.74) is 5.98. The highest BCUT2D eigenvalue weighted by Gasteiger charge is 1.98. The second-order valence-corrected chi connectivity index (χ2v) is 2.78. The number of nitrogens with two attached hydrogens (primary N) is 1. The molecule has 0 heterocycles. The summed E-state index contributed by atoms with van der Waals surface area (Å²) in [4.78, 5) is 0. The van der Waals surface area contributed by atoms with Crippen molar-refractivity contribution in [2.45, 2.75) is 6.54 Å². The second-order valence-electron chi connectivity index (χ2n) is 2.78. The zero-order valence-electron chi connectivity index (χ0n) is 7.26. The highest BCUT2D eigenvalue weighted by molar-refractivity contribution is 5.28. The van der Waals surface area contributed by atoms with Crippen LogP contribution >= 0.6 is 0 Å². The number of phenolic OH excluding ortho intramolecular Hbond substituents is 1. The third-order valence-electron chi connectivity index (χ3n) is 1.59. The van der Waals surface area contributed by atoms with Crippen LogP contribution in [0.2, 0.25) is 0 Å². The lowest BCUT2D eigenvalue weighted by atomic mass is 10.2. The van der Waals surface area contributed by atoms with Gasteiger partial charge in [-0.25, -0.2) is 4.39 Å². The molecule has 0 radical (unpaired) electrons. The van der Waals surface area contributed by atoms with Crippen LogP contribution in [-0.2, 0) is 6.54 Å². The van der Waals surface area contributed by atoms with Crippen molar-refractivity contribution in [1.82, 2.24) is 5.32 Å². The van der Waals surface area contributed by atoms with Crippen LogP contribution in [0.3, 0.4) is 0 Å². The van der Waals surface area contributed by atoms with Crippen molar-refractivity contribution in [1.29, 1.82) is 0 Å². The number of hydrogen-bond acceptors (Lipinski definition) is 3. The molecule has 72 valence electrons. The predicted octanol–water partition coefficient (Wildman–Crippen LogP) is 0.580. The molecule has 1 aromatic carbocycles. The van der Waals surface area contributed by atoms with Crippen molar-refractivity contribution in [2.75, 3.05) is 13.1 Å². The smallest absolute Gasteiger partial charge is 0.127 e. The molecule has 0 aromatic heterocycles.